The molecule has 0 spiro atoms. The van der Waals surface area contributed by atoms with Gasteiger partial charge in [0.1, 0.15) is 6.17 Å². The van der Waals surface area contributed by atoms with Crippen molar-refractivity contribution < 1.29 is 31.5 Å². The van der Waals surface area contributed by atoms with Crippen molar-refractivity contribution >= 4 is 17.5 Å². The molecule has 41 heavy (non-hydrogen) atoms. The molecule has 4 rings (SSSR count). The Labute approximate surface area is 231 Å². The van der Waals surface area contributed by atoms with E-state index in [4.69, 9.17) is 0 Å². The quantitative estimate of drug-likeness (QED) is 0.332. The second-order valence-corrected chi connectivity index (χ2v) is 9.88. The van der Waals surface area contributed by atoms with E-state index in [0.29, 0.717) is 6.20 Å². The monoisotopic (exact) mass is 581 g/mol. The molecule has 0 aromatic carbocycles. The fraction of sp³-hybridized carbons (Fsp3) is 0.462. The van der Waals surface area contributed by atoms with Crippen molar-refractivity contribution in [1.29, 1.82) is 0 Å². The Morgan fingerprint density at radius 3 is 2.59 bits per heavy atom. The van der Waals surface area contributed by atoms with Crippen LogP contribution in [0.3, 0.4) is 0 Å². The van der Waals surface area contributed by atoms with Crippen molar-refractivity contribution in [2.24, 2.45) is 5.92 Å². The van der Waals surface area contributed by atoms with E-state index in [1.54, 1.807) is 0 Å². The van der Waals surface area contributed by atoms with E-state index in [0.717, 1.165) is 47.1 Å². The zero-order valence-corrected chi connectivity index (χ0v) is 21.8. The predicted octanol–water partition coefficient (Wildman–Crippen LogP) is 3.87. The summed E-state index contributed by atoms with van der Waals surface area (Å²) < 4.78 is 69.1. The number of hydrogen-bond acceptors (Lipinski definition) is 6. The first-order valence-electron chi connectivity index (χ1n) is 13.0. The Morgan fingerprint density at radius 1 is 1.15 bits per heavy atom. The summed E-state index contributed by atoms with van der Waals surface area (Å²) in [6, 6.07) is 3.24. The zero-order valence-electron chi connectivity index (χ0n) is 21.8. The molecule has 3 heterocycles. The van der Waals surface area contributed by atoms with Gasteiger partial charge in [-0.2, -0.15) is 17.6 Å². The van der Waals surface area contributed by atoms with Gasteiger partial charge in [-0.1, -0.05) is 18.1 Å². The summed E-state index contributed by atoms with van der Waals surface area (Å²) in [5, 5.41) is 12.2. The van der Waals surface area contributed by atoms with Crippen LogP contribution in [-0.4, -0.2) is 42.5 Å². The van der Waals surface area contributed by atoms with Crippen LogP contribution in [0.5, 0.6) is 0 Å². The van der Waals surface area contributed by atoms with E-state index < -0.39 is 35.2 Å². The van der Waals surface area contributed by atoms with Gasteiger partial charge in [-0.15, -0.1) is 5.10 Å². The molecule has 2 N–H and O–H groups in total. The Bertz CT molecular complexity index is 1420. The van der Waals surface area contributed by atoms with Gasteiger partial charge < -0.3 is 15.2 Å². The summed E-state index contributed by atoms with van der Waals surface area (Å²) in [6.07, 6.45) is 1.23. The van der Waals surface area contributed by atoms with E-state index in [1.165, 1.54) is 18.5 Å². The second kappa shape index (κ2) is 13.0. The number of anilines is 1. The smallest absolute Gasteiger partial charge is 0.345 e. The highest BCUT2D eigenvalue weighted by molar-refractivity contribution is 5.92. The number of rotatable bonds is 11. The molecule has 10 nitrogen and oxygen atoms in total. The van der Waals surface area contributed by atoms with E-state index in [9.17, 15) is 36.3 Å². The summed E-state index contributed by atoms with van der Waals surface area (Å²) in [5.41, 5.74) is -2.07. The molecule has 0 radical (unpaired) electrons. The minimum atomic E-state index is -4.52. The molecule has 3 aromatic rings. The maximum Gasteiger partial charge on any atom is 0.417 e. The van der Waals surface area contributed by atoms with Crippen LogP contribution >= 0.6 is 0 Å². The maximum atomic E-state index is 14.6. The van der Waals surface area contributed by atoms with Crippen molar-refractivity contribution in [3.63, 3.8) is 0 Å². The molecule has 0 saturated heterocycles. The lowest BCUT2D eigenvalue weighted by atomic mass is 10.0. The molecule has 0 bridgehead atoms. The maximum absolute atomic E-state index is 14.6. The van der Waals surface area contributed by atoms with Crippen LogP contribution in [0, 0.1) is 11.7 Å². The van der Waals surface area contributed by atoms with Gasteiger partial charge in [0.2, 0.25) is 11.7 Å². The molecule has 1 aliphatic carbocycles. The largest absolute Gasteiger partial charge is 0.417 e. The first kappa shape index (κ1) is 29.8. The normalized spacial score (nSPS) is 14.7. The number of nitrogens with zero attached hydrogens (tertiary/aromatic N) is 5. The highest BCUT2D eigenvalue weighted by atomic mass is 19.4. The van der Waals surface area contributed by atoms with Crippen LogP contribution in [0.25, 0.3) is 0 Å². The Hall–Kier alpha value is -4.17. The van der Waals surface area contributed by atoms with Crippen LogP contribution in [0.1, 0.15) is 60.3 Å². The molecule has 2 amide bonds. The number of carbonyl (C=O) groups excluding carboxylic acids is 2. The lowest BCUT2D eigenvalue weighted by Crippen LogP contribution is -2.27. The molecule has 1 fully saturated rings. The summed E-state index contributed by atoms with van der Waals surface area (Å²) in [4.78, 5) is 40.5. The van der Waals surface area contributed by atoms with Gasteiger partial charge in [0.05, 0.1) is 36.2 Å². The van der Waals surface area contributed by atoms with Crippen molar-refractivity contribution in [1.82, 2.24) is 29.9 Å². The van der Waals surface area contributed by atoms with E-state index in [1.807, 2.05) is 0 Å². The number of carbonyl (C=O) groups is 2. The average molecular weight is 582 g/mol. The summed E-state index contributed by atoms with van der Waals surface area (Å²) >= 11 is 0. The summed E-state index contributed by atoms with van der Waals surface area (Å²) in [6.45, 7) is -0.605. The minimum Gasteiger partial charge on any atom is -0.345 e. The van der Waals surface area contributed by atoms with Gasteiger partial charge in [-0.05, 0) is 43.4 Å². The standard InChI is InChI=1S/C26H28F5N7O3/c27-18(7-9-37-10-8-20(23(28)25(37)41)34-22(39)11-16-3-1-2-4-16)14-38-15-21(35-36-38)24(40)33-13-19-6-5-17(12-32-19)26(29,30)31/h5-6,8,10,12,15-16,18H,1-4,7,9,11,13-14H2,(H,33,40)(H,34,39). The highest BCUT2D eigenvalue weighted by Gasteiger charge is 2.30. The SMILES string of the molecule is O=C(CC1CCCC1)Nc1ccn(CCC(F)Cn2cc(C(=O)NCc3ccc(C(F)(F)F)cn3)nn2)c(=O)c1F. The topological polar surface area (TPSA) is 124 Å². The van der Waals surface area contributed by atoms with Gasteiger partial charge in [0, 0.05) is 25.4 Å². The van der Waals surface area contributed by atoms with E-state index in [-0.39, 0.29) is 61.4 Å². The number of halogens is 5. The van der Waals surface area contributed by atoms with Crippen LogP contribution in [0.4, 0.5) is 27.6 Å². The van der Waals surface area contributed by atoms with Crippen molar-refractivity contribution in [2.45, 2.75) is 70.5 Å². The molecule has 1 unspecified atom stereocenters. The Kier molecular flexibility index (Phi) is 9.45. The van der Waals surface area contributed by atoms with Gasteiger partial charge in [0.25, 0.3) is 11.5 Å². The molecule has 0 aliphatic heterocycles. The highest BCUT2D eigenvalue weighted by Crippen LogP contribution is 2.29. The third kappa shape index (κ3) is 8.17. The number of pyridine rings is 2. The Morgan fingerprint density at radius 2 is 1.90 bits per heavy atom. The van der Waals surface area contributed by atoms with Crippen LogP contribution in [0.2, 0.25) is 0 Å². The number of aromatic nitrogens is 5. The van der Waals surface area contributed by atoms with Gasteiger partial charge >= 0.3 is 6.18 Å². The molecule has 1 aliphatic rings. The molecular formula is C26H28F5N7O3. The Balaban J connectivity index is 1.24. The lowest BCUT2D eigenvalue weighted by Gasteiger charge is -2.13. The minimum absolute atomic E-state index is 0.143. The lowest BCUT2D eigenvalue weighted by molar-refractivity contribution is -0.137. The third-order valence-electron chi connectivity index (χ3n) is 6.75. The third-order valence-corrected chi connectivity index (χ3v) is 6.75. The number of aryl methyl sites for hydroxylation is 1. The van der Waals surface area contributed by atoms with E-state index in [2.05, 4.69) is 25.9 Å². The number of alkyl halides is 4. The molecule has 1 saturated carbocycles. The first-order valence-corrected chi connectivity index (χ1v) is 13.0. The predicted molar refractivity (Wildman–Crippen MR) is 136 cm³/mol. The van der Waals surface area contributed by atoms with Crippen LogP contribution < -0.4 is 16.2 Å². The fourth-order valence-electron chi connectivity index (χ4n) is 4.52. The second-order valence-electron chi connectivity index (χ2n) is 9.88. The average Bonchev–Trinajstić information content (AvgIpc) is 3.61. The van der Waals surface area contributed by atoms with Gasteiger partial charge in [-0.25, -0.2) is 9.07 Å². The summed E-state index contributed by atoms with van der Waals surface area (Å²) in [5.74, 6) is -1.90. The summed E-state index contributed by atoms with van der Waals surface area (Å²) in [7, 11) is 0. The molecule has 220 valence electrons. The van der Waals surface area contributed by atoms with Crippen LogP contribution in [0.15, 0.2) is 41.6 Å². The van der Waals surface area contributed by atoms with Crippen molar-refractivity contribution in [3.8, 4) is 0 Å². The zero-order chi connectivity index (χ0) is 29.6. The number of nitrogens with one attached hydrogen (secondary N) is 2. The molecule has 15 heteroatoms. The first-order chi connectivity index (χ1) is 19.5. The van der Waals surface area contributed by atoms with Gasteiger partial charge in [0.15, 0.2) is 5.69 Å². The van der Waals surface area contributed by atoms with E-state index >= 15 is 0 Å². The number of hydrogen-bond donors (Lipinski definition) is 2. The molecular weight excluding hydrogens is 553 g/mol. The molecule has 3 aromatic heterocycles. The molecule has 1 atom stereocenters. The van der Waals surface area contributed by atoms with Crippen LogP contribution in [-0.2, 0) is 30.6 Å². The fourth-order valence-corrected chi connectivity index (χ4v) is 4.52. The van der Waals surface area contributed by atoms with Crippen molar-refractivity contribution in [2.75, 3.05) is 5.32 Å². The van der Waals surface area contributed by atoms with Gasteiger partial charge in [-0.3, -0.25) is 19.4 Å². The van der Waals surface area contributed by atoms with Crippen molar-refractivity contribution in [3.05, 3.63) is 69.9 Å². The number of amides is 2.